The predicted molar refractivity (Wildman–Crippen MR) is 93.1 cm³/mol. The molecule has 0 aliphatic heterocycles. The zero-order valence-electron chi connectivity index (χ0n) is 13.7. The second-order valence-electron chi connectivity index (χ2n) is 5.04. The maximum atomic E-state index is 11.6. The fourth-order valence-corrected chi connectivity index (χ4v) is 2.65. The van der Waals surface area contributed by atoms with E-state index in [2.05, 4.69) is 20.5 Å². The van der Waals surface area contributed by atoms with Gasteiger partial charge in [-0.05, 0) is 25.1 Å². The molecule has 0 atom stereocenters. The molecular formula is C17H16N4O3S. The molecule has 2 heterocycles. The molecule has 3 aromatic rings. The second-order valence-corrected chi connectivity index (χ2v) is 6.30. The lowest BCUT2D eigenvalue weighted by atomic mass is 10.3. The minimum atomic E-state index is -0.269. The van der Waals surface area contributed by atoms with Crippen LogP contribution in [-0.4, -0.2) is 28.1 Å². The minimum absolute atomic E-state index is 0.269. The van der Waals surface area contributed by atoms with E-state index < -0.39 is 0 Å². The van der Waals surface area contributed by atoms with Gasteiger partial charge in [0.05, 0.1) is 0 Å². The first kappa shape index (κ1) is 16.8. The second kappa shape index (κ2) is 7.71. The Morgan fingerprint density at radius 1 is 1.16 bits per heavy atom. The van der Waals surface area contributed by atoms with Crippen LogP contribution in [0.4, 0.5) is 0 Å². The van der Waals surface area contributed by atoms with Crippen molar-refractivity contribution in [1.82, 2.24) is 20.5 Å². The zero-order valence-corrected chi connectivity index (χ0v) is 14.5. The number of hydrogen-bond acceptors (Lipinski definition) is 7. The first-order valence-electron chi connectivity index (χ1n) is 7.52. The van der Waals surface area contributed by atoms with Gasteiger partial charge in [-0.25, -0.2) is 0 Å². The molecule has 0 aliphatic carbocycles. The molecule has 0 radical (unpaired) electrons. The van der Waals surface area contributed by atoms with Gasteiger partial charge in [-0.3, -0.25) is 9.78 Å². The van der Waals surface area contributed by atoms with Crippen LogP contribution in [0.15, 0.2) is 42.6 Å². The Hall–Kier alpha value is -3.00. The van der Waals surface area contributed by atoms with Crippen molar-refractivity contribution in [3.05, 3.63) is 58.3 Å². The van der Waals surface area contributed by atoms with Crippen molar-refractivity contribution >= 4 is 17.2 Å². The fraction of sp³-hybridized carbons (Fsp3) is 0.176. The molecule has 2 aromatic heterocycles. The summed E-state index contributed by atoms with van der Waals surface area (Å²) >= 11 is 1.50. The van der Waals surface area contributed by atoms with Gasteiger partial charge < -0.3 is 14.8 Å². The van der Waals surface area contributed by atoms with Gasteiger partial charge in [0.15, 0.2) is 5.01 Å². The van der Waals surface area contributed by atoms with Crippen LogP contribution in [0, 0.1) is 6.92 Å². The Morgan fingerprint density at radius 2 is 1.96 bits per heavy atom. The van der Waals surface area contributed by atoms with Crippen LogP contribution in [-0.2, 0) is 6.61 Å². The average Bonchev–Trinajstić information content (AvgIpc) is 3.05. The van der Waals surface area contributed by atoms with Crippen LogP contribution in [0.3, 0.4) is 0 Å². The summed E-state index contributed by atoms with van der Waals surface area (Å²) in [5.41, 5.74) is 0.291. The maximum absolute atomic E-state index is 11.6. The van der Waals surface area contributed by atoms with Gasteiger partial charge in [0.1, 0.15) is 34.6 Å². The molecule has 128 valence electrons. The summed E-state index contributed by atoms with van der Waals surface area (Å²) < 4.78 is 11.5. The van der Waals surface area contributed by atoms with Gasteiger partial charge in [0, 0.05) is 25.4 Å². The minimum Gasteiger partial charge on any atom is -0.486 e. The highest BCUT2D eigenvalue weighted by Gasteiger charge is 2.08. The predicted octanol–water partition coefficient (Wildman–Crippen LogP) is 2.97. The molecule has 0 bridgehead atoms. The summed E-state index contributed by atoms with van der Waals surface area (Å²) in [4.78, 5) is 15.6. The number of hydrogen-bond donors (Lipinski definition) is 1. The molecule has 0 fully saturated rings. The Kier molecular flexibility index (Phi) is 5.20. The zero-order chi connectivity index (χ0) is 17.6. The molecule has 0 saturated heterocycles. The van der Waals surface area contributed by atoms with E-state index in [-0.39, 0.29) is 5.91 Å². The molecule has 1 amide bonds. The van der Waals surface area contributed by atoms with Crippen LogP contribution >= 0.6 is 11.3 Å². The number of carbonyl (C=O) groups excluding carboxylic acids is 1. The van der Waals surface area contributed by atoms with E-state index in [1.165, 1.54) is 17.5 Å². The van der Waals surface area contributed by atoms with E-state index in [0.717, 1.165) is 10.0 Å². The van der Waals surface area contributed by atoms with Gasteiger partial charge >= 0.3 is 0 Å². The summed E-state index contributed by atoms with van der Waals surface area (Å²) in [6, 6.07) is 10.5. The van der Waals surface area contributed by atoms with E-state index in [1.807, 2.05) is 25.1 Å². The van der Waals surface area contributed by atoms with Gasteiger partial charge in [0.2, 0.25) is 0 Å². The molecule has 0 spiro atoms. The summed E-state index contributed by atoms with van der Waals surface area (Å²) in [5.74, 6) is 1.51. The number of carbonyl (C=O) groups is 1. The van der Waals surface area contributed by atoms with E-state index >= 15 is 0 Å². The highest BCUT2D eigenvalue weighted by molar-refractivity contribution is 7.11. The molecule has 7 nitrogen and oxygen atoms in total. The largest absolute Gasteiger partial charge is 0.486 e. The highest BCUT2D eigenvalue weighted by atomic mass is 32.1. The van der Waals surface area contributed by atoms with Crippen molar-refractivity contribution in [3.8, 4) is 17.2 Å². The first-order valence-corrected chi connectivity index (χ1v) is 8.33. The standard InChI is InChI=1S/C17H16N4O3S/c1-11-20-21-16(25-11)10-23-12-4-3-5-13(8-12)24-14-6-7-19-15(9-14)17(22)18-2/h3-9H,10H2,1-2H3,(H,18,22). The number of rotatable bonds is 6. The molecule has 0 saturated carbocycles. The average molecular weight is 356 g/mol. The molecule has 25 heavy (non-hydrogen) atoms. The number of aromatic nitrogens is 3. The molecule has 1 N–H and O–H groups in total. The lowest BCUT2D eigenvalue weighted by Gasteiger charge is -2.09. The quantitative estimate of drug-likeness (QED) is 0.731. The van der Waals surface area contributed by atoms with Crippen molar-refractivity contribution in [3.63, 3.8) is 0 Å². The summed E-state index contributed by atoms with van der Waals surface area (Å²) in [7, 11) is 1.55. The van der Waals surface area contributed by atoms with Crippen LogP contribution in [0.5, 0.6) is 17.2 Å². The molecule has 1 aromatic carbocycles. The summed E-state index contributed by atoms with van der Waals surface area (Å²) in [6.45, 7) is 2.25. The third-order valence-electron chi connectivity index (χ3n) is 3.16. The lowest BCUT2D eigenvalue weighted by Crippen LogP contribution is -2.18. The Labute approximate surface area is 148 Å². The number of amides is 1. The van der Waals surface area contributed by atoms with Crippen LogP contribution in [0.2, 0.25) is 0 Å². The Bertz CT molecular complexity index is 882. The monoisotopic (exact) mass is 356 g/mol. The Balaban J connectivity index is 1.68. The molecular weight excluding hydrogens is 340 g/mol. The summed E-state index contributed by atoms with van der Waals surface area (Å²) in [5, 5.41) is 12.2. The SMILES string of the molecule is CNC(=O)c1cc(Oc2cccc(OCc3nnc(C)s3)c2)ccn1. The van der Waals surface area contributed by atoms with Crippen molar-refractivity contribution in [1.29, 1.82) is 0 Å². The van der Waals surface area contributed by atoms with E-state index in [9.17, 15) is 4.79 Å². The van der Waals surface area contributed by atoms with Gasteiger partial charge in [-0.1, -0.05) is 17.4 Å². The number of benzene rings is 1. The molecule has 0 aliphatic rings. The number of nitrogens with zero attached hydrogens (tertiary/aromatic N) is 3. The third-order valence-corrected chi connectivity index (χ3v) is 3.97. The normalized spacial score (nSPS) is 10.3. The number of ether oxygens (including phenoxy) is 2. The molecule has 0 unspecified atom stereocenters. The molecule has 3 rings (SSSR count). The molecule has 8 heteroatoms. The van der Waals surface area contributed by atoms with Crippen molar-refractivity contribution in [2.24, 2.45) is 0 Å². The van der Waals surface area contributed by atoms with E-state index in [4.69, 9.17) is 9.47 Å². The van der Waals surface area contributed by atoms with Crippen LogP contribution in [0.1, 0.15) is 20.5 Å². The highest BCUT2D eigenvalue weighted by Crippen LogP contribution is 2.26. The van der Waals surface area contributed by atoms with Crippen molar-refractivity contribution in [2.45, 2.75) is 13.5 Å². The Morgan fingerprint density at radius 3 is 2.72 bits per heavy atom. The van der Waals surface area contributed by atoms with Gasteiger partial charge in [-0.15, -0.1) is 10.2 Å². The number of aryl methyl sites for hydroxylation is 1. The topological polar surface area (TPSA) is 86.2 Å². The van der Waals surface area contributed by atoms with E-state index in [0.29, 0.717) is 29.5 Å². The fourth-order valence-electron chi connectivity index (χ4n) is 2.03. The summed E-state index contributed by atoms with van der Waals surface area (Å²) in [6.07, 6.45) is 1.53. The lowest BCUT2D eigenvalue weighted by molar-refractivity contribution is 0.0958. The van der Waals surface area contributed by atoms with Gasteiger partial charge in [-0.2, -0.15) is 0 Å². The van der Waals surface area contributed by atoms with Crippen LogP contribution in [0.25, 0.3) is 0 Å². The van der Waals surface area contributed by atoms with Crippen molar-refractivity contribution < 1.29 is 14.3 Å². The first-order chi connectivity index (χ1) is 12.1. The maximum Gasteiger partial charge on any atom is 0.269 e. The van der Waals surface area contributed by atoms with Crippen molar-refractivity contribution in [2.75, 3.05) is 7.05 Å². The van der Waals surface area contributed by atoms with Gasteiger partial charge in [0.25, 0.3) is 5.91 Å². The van der Waals surface area contributed by atoms with Crippen LogP contribution < -0.4 is 14.8 Å². The van der Waals surface area contributed by atoms with E-state index in [1.54, 1.807) is 25.2 Å². The number of nitrogens with one attached hydrogen (secondary N) is 1. The smallest absolute Gasteiger partial charge is 0.269 e. The number of pyridine rings is 1. The third kappa shape index (κ3) is 4.51.